The number of amides is 2. The van der Waals surface area contributed by atoms with Crippen LogP contribution in [0.5, 0.6) is 0 Å². The molecule has 1 aliphatic carbocycles. The number of nitrogens with one attached hydrogen (secondary N) is 1. The molecule has 2 amide bonds. The number of hydrogen-bond donors (Lipinski definition) is 1. The number of carbonyl (C=O) groups excluding carboxylic acids is 2. The van der Waals surface area contributed by atoms with Crippen LogP contribution in [-0.2, 0) is 29.0 Å². The van der Waals surface area contributed by atoms with Crippen LogP contribution in [0.25, 0.3) is 0 Å². The second-order valence-electron chi connectivity index (χ2n) is 10.0. The molecule has 0 saturated heterocycles. The molecule has 5 heteroatoms. The Labute approximate surface area is 213 Å². The van der Waals surface area contributed by atoms with Gasteiger partial charge in [0.15, 0.2) is 0 Å². The van der Waals surface area contributed by atoms with Crippen molar-refractivity contribution in [3.05, 3.63) is 106 Å². The lowest BCUT2D eigenvalue weighted by atomic mass is 10.00. The first kappa shape index (κ1) is 25.6. The number of rotatable bonds is 9. The van der Waals surface area contributed by atoms with E-state index in [-0.39, 0.29) is 36.6 Å². The summed E-state index contributed by atoms with van der Waals surface area (Å²) < 4.78 is 13.6. The Hall–Kier alpha value is -3.47. The van der Waals surface area contributed by atoms with Crippen LogP contribution in [0.1, 0.15) is 53.5 Å². The summed E-state index contributed by atoms with van der Waals surface area (Å²) in [7, 11) is 0. The highest BCUT2D eigenvalue weighted by Gasteiger charge is 2.32. The summed E-state index contributed by atoms with van der Waals surface area (Å²) >= 11 is 0. The summed E-state index contributed by atoms with van der Waals surface area (Å²) in [5, 5.41) is 3.22. The second kappa shape index (κ2) is 12.0. The lowest BCUT2D eigenvalue weighted by Crippen LogP contribution is -2.52. The molecule has 1 unspecified atom stereocenters. The van der Waals surface area contributed by atoms with Gasteiger partial charge in [0.2, 0.25) is 11.8 Å². The van der Waals surface area contributed by atoms with Crippen molar-refractivity contribution in [3.8, 4) is 0 Å². The second-order valence-corrected chi connectivity index (χ2v) is 10.0. The molecule has 1 fully saturated rings. The van der Waals surface area contributed by atoms with Crippen molar-refractivity contribution in [2.75, 3.05) is 0 Å². The Morgan fingerprint density at radius 3 is 2.17 bits per heavy atom. The fourth-order valence-corrected chi connectivity index (χ4v) is 5.16. The molecule has 4 rings (SSSR count). The van der Waals surface area contributed by atoms with Gasteiger partial charge in [0, 0.05) is 19.0 Å². The monoisotopic (exact) mass is 486 g/mol. The Balaban J connectivity index is 1.66. The van der Waals surface area contributed by atoms with E-state index in [9.17, 15) is 14.0 Å². The van der Waals surface area contributed by atoms with E-state index in [2.05, 4.69) is 11.4 Å². The minimum atomic E-state index is -0.670. The van der Waals surface area contributed by atoms with Crippen LogP contribution in [0.15, 0.2) is 72.8 Å². The molecular weight excluding hydrogens is 451 g/mol. The maximum absolute atomic E-state index is 13.9. The van der Waals surface area contributed by atoms with Gasteiger partial charge < -0.3 is 10.2 Å². The summed E-state index contributed by atoms with van der Waals surface area (Å²) in [6.45, 7) is 4.27. The maximum atomic E-state index is 13.9. The predicted molar refractivity (Wildman–Crippen MR) is 141 cm³/mol. The fourth-order valence-electron chi connectivity index (χ4n) is 5.16. The van der Waals surface area contributed by atoms with Gasteiger partial charge in [-0.15, -0.1) is 0 Å². The molecule has 0 spiro atoms. The number of nitrogens with zero attached hydrogens (tertiary/aromatic N) is 1. The molecule has 0 bridgehead atoms. The first-order valence-corrected chi connectivity index (χ1v) is 12.8. The first-order chi connectivity index (χ1) is 17.4. The highest BCUT2D eigenvalue weighted by atomic mass is 19.1. The molecule has 1 aliphatic rings. The Kier molecular flexibility index (Phi) is 8.52. The number of carbonyl (C=O) groups is 2. The molecule has 0 aliphatic heterocycles. The number of benzene rings is 3. The van der Waals surface area contributed by atoms with Gasteiger partial charge in [-0.1, -0.05) is 84.6 Å². The minimum absolute atomic E-state index is 0.119. The standard InChI is InChI=1S/C31H35FN2O2/c1-22-16-23(2)18-26(17-22)20-30(35)34(21-25-12-14-27(32)15-13-25)29(19-24-8-4-3-5-9-24)31(36)33-28-10-6-7-11-28/h3-5,8-9,12-18,28-29H,6-7,10-11,19-21H2,1-2H3,(H,33,36). The SMILES string of the molecule is Cc1cc(C)cc(CC(=O)N(Cc2ccc(F)cc2)C(Cc2ccccc2)C(=O)NC2CCCC2)c1. The molecule has 4 nitrogen and oxygen atoms in total. The highest BCUT2D eigenvalue weighted by molar-refractivity contribution is 5.89. The van der Waals surface area contributed by atoms with E-state index in [1.54, 1.807) is 17.0 Å². The van der Waals surface area contributed by atoms with Crippen molar-refractivity contribution in [2.24, 2.45) is 0 Å². The third-order valence-electron chi connectivity index (χ3n) is 6.88. The van der Waals surface area contributed by atoms with Gasteiger partial charge in [0.05, 0.1) is 6.42 Å². The van der Waals surface area contributed by atoms with Gasteiger partial charge in [-0.3, -0.25) is 9.59 Å². The summed E-state index contributed by atoms with van der Waals surface area (Å²) in [5.74, 6) is -0.569. The molecule has 0 heterocycles. The van der Waals surface area contributed by atoms with E-state index in [1.807, 2.05) is 56.3 Å². The zero-order valence-corrected chi connectivity index (χ0v) is 21.2. The zero-order chi connectivity index (χ0) is 25.5. The Bertz CT molecular complexity index is 1150. The average Bonchev–Trinajstić information content (AvgIpc) is 3.35. The summed E-state index contributed by atoms with van der Waals surface area (Å²) in [6, 6.07) is 21.6. The smallest absolute Gasteiger partial charge is 0.243 e. The predicted octanol–water partition coefficient (Wildman–Crippen LogP) is 5.68. The third kappa shape index (κ3) is 7.03. The minimum Gasteiger partial charge on any atom is -0.352 e. The van der Waals surface area contributed by atoms with Gasteiger partial charge in [0.1, 0.15) is 11.9 Å². The lowest BCUT2D eigenvalue weighted by Gasteiger charge is -2.32. The third-order valence-corrected chi connectivity index (χ3v) is 6.88. The summed E-state index contributed by atoms with van der Waals surface area (Å²) in [4.78, 5) is 29.2. The van der Waals surface area contributed by atoms with Crippen LogP contribution in [0.2, 0.25) is 0 Å². The van der Waals surface area contributed by atoms with Gasteiger partial charge >= 0.3 is 0 Å². The quantitative estimate of drug-likeness (QED) is 0.423. The van der Waals surface area contributed by atoms with E-state index in [0.29, 0.717) is 6.42 Å². The lowest BCUT2D eigenvalue weighted by molar-refractivity contribution is -0.141. The molecule has 1 atom stereocenters. The largest absolute Gasteiger partial charge is 0.352 e. The fraction of sp³-hybridized carbons (Fsp3) is 0.355. The van der Waals surface area contributed by atoms with Crippen LogP contribution >= 0.6 is 0 Å². The van der Waals surface area contributed by atoms with Gasteiger partial charge in [-0.05, 0) is 55.5 Å². The van der Waals surface area contributed by atoms with Crippen LogP contribution in [0, 0.1) is 19.7 Å². The molecule has 3 aromatic rings. The molecule has 188 valence electrons. The van der Waals surface area contributed by atoms with Crippen molar-refractivity contribution in [1.82, 2.24) is 10.2 Å². The number of hydrogen-bond acceptors (Lipinski definition) is 2. The van der Waals surface area contributed by atoms with Crippen molar-refractivity contribution in [1.29, 1.82) is 0 Å². The average molecular weight is 487 g/mol. The van der Waals surface area contributed by atoms with E-state index in [1.165, 1.54) is 12.1 Å². The van der Waals surface area contributed by atoms with Crippen molar-refractivity contribution >= 4 is 11.8 Å². The van der Waals surface area contributed by atoms with Crippen LogP contribution < -0.4 is 5.32 Å². The number of aryl methyl sites for hydroxylation is 2. The summed E-state index contributed by atoms with van der Waals surface area (Å²) in [6.07, 6.45) is 4.78. The number of halogens is 1. The van der Waals surface area contributed by atoms with Crippen LogP contribution in [-0.4, -0.2) is 28.8 Å². The Morgan fingerprint density at radius 2 is 1.53 bits per heavy atom. The highest BCUT2D eigenvalue weighted by Crippen LogP contribution is 2.21. The van der Waals surface area contributed by atoms with Gasteiger partial charge in [0.25, 0.3) is 0 Å². The summed E-state index contributed by atoms with van der Waals surface area (Å²) in [5.41, 5.74) is 4.91. The molecule has 0 radical (unpaired) electrons. The molecule has 1 saturated carbocycles. The normalized spacial score (nSPS) is 14.4. The van der Waals surface area contributed by atoms with Crippen LogP contribution in [0.3, 0.4) is 0 Å². The molecule has 36 heavy (non-hydrogen) atoms. The van der Waals surface area contributed by atoms with E-state index >= 15 is 0 Å². The van der Waals surface area contributed by atoms with E-state index in [4.69, 9.17) is 0 Å². The maximum Gasteiger partial charge on any atom is 0.243 e. The molecule has 1 N–H and O–H groups in total. The topological polar surface area (TPSA) is 49.4 Å². The van der Waals surface area contributed by atoms with Gasteiger partial charge in [-0.2, -0.15) is 0 Å². The first-order valence-electron chi connectivity index (χ1n) is 12.8. The van der Waals surface area contributed by atoms with Crippen LogP contribution in [0.4, 0.5) is 4.39 Å². The van der Waals surface area contributed by atoms with Crippen molar-refractivity contribution < 1.29 is 14.0 Å². The zero-order valence-electron chi connectivity index (χ0n) is 21.2. The van der Waals surface area contributed by atoms with E-state index in [0.717, 1.165) is 53.5 Å². The van der Waals surface area contributed by atoms with E-state index < -0.39 is 6.04 Å². The molecular formula is C31H35FN2O2. The van der Waals surface area contributed by atoms with Crippen molar-refractivity contribution in [3.63, 3.8) is 0 Å². The molecule has 0 aromatic heterocycles. The van der Waals surface area contributed by atoms with Crippen molar-refractivity contribution in [2.45, 2.75) is 71.0 Å². The van der Waals surface area contributed by atoms with Gasteiger partial charge in [-0.25, -0.2) is 4.39 Å². The molecule has 3 aromatic carbocycles. The Morgan fingerprint density at radius 1 is 0.889 bits per heavy atom.